The monoisotopic (exact) mass is 427 g/mol. The second-order valence-electron chi connectivity index (χ2n) is 6.16. The molecular weight excluding hydrogens is 410 g/mol. The van der Waals surface area contributed by atoms with Crippen LogP contribution in [0.5, 0.6) is 11.5 Å². The molecule has 10 heteroatoms. The summed E-state index contributed by atoms with van der Waals surface area (Å²) in [6.45, 7) is 3.97. The predicted molar refractivity (Wildman–Crippen MR) is 115 cm³/mol. The zero-order chi connectivity index (χ0) is 21.3. The Bertz CT molecular complexity index is 1270. The molecule has 0 aliphatic carbocycles. The number of furan rings is 1. The number of hydrogen-bond donors (Lipinski definition) is 0. The highest BCUT2D eigenvalue weighted by molar-refractivity contribution is 8.15. The van der Waals surface area contributed by atoms with Gasteiger partial charge in [-0.05, 0) is 6.07 Å². The highest BCUT2D eigenvalue weighted by Crippen LogP contribution is 2.41. The average molecular weight is 427 g/mol. The molecule has 30 heavy (non-hydrogen) atoms. The van der Waals surface area contributed by atoms with Crippen molar-refractivity contribution in [2.45, 2.75) is 0 Å². The number of thioether (sulfide) groups is 1. The molecule has 0 N–H and O–H groups in total. The van der Waals surface area contributed by atoms with Crippen molar-refractivity contribution in [3.8, 4) is 11.5 Å². The number of nitrogens with zero attached hydrogens (tertiary/aromatic N) is 3. The second kappa shape index (κ2) is 8.07. The number of methoxy groups -OCH3 is 2. The van der Waals surface area contributed by atoms with E-state index >= 15 is 0 Å². The predicted octanol–water partition coefficient (Wildman–Crippen LogP) is 3.01. The molecule has 0 bridgehead atoms. The van der Waals surface area contributed by atoms with Gasteiger partial charge in [0.05, 0.1) is 43.4 Å². The lowest BCUT2D eigenvalue weighted by atomic mass is 10.1. The minimum Gasteiger partial charge on any atom is -0.495 e. The van der Waals surface area contributed by atoms with Gasteiger partial charge in [-0.25, -0.2) is 0 Å². The molecule has 0 saturated carbocycles. The minimum atomic E-state index is -0.364. The van der Waals surface area contributed by atoms with E-state index in [-0.39, 0.29) is 33.6 Å². The number of benzene rings is 1. The minimum absolute atomic E-state index is 0.0694. The van der Waals surface area contributed by atoms with Gasteiger partial charge in [-0.3, -0.25) is 14.5 Å². The molecule has 0 atom stereocenters. The van der Waals surface area contributed by atoms with Crippen molar-refractivity contribution in [3.05, 3.63) is 47.0 Å². The van der Waals surface area contributed by atoms with Crippen molar-refractivity contribution in [2.24, 2.45) is 10.2 Å². The van der Waals surface area contributed by atoms with E-state index in [0.717, 1.165) is 0 Å². The molecule has 0 spiro atoms. The molecule has 1 aliphatic rings. The summed E-state index contributed by atoms with van der Waals surface area (Å²) in [7, 11) is 2.92. The van der Waals surface area contributed by atoms with Gasteiger partial charge in [0, 0.05) is 6.54 Å². The number of carbonyl (C=O) groups excluding carboxylic acids is 1. The van der Waals surface area contributed by atoms with Crippen molar-refractivity contribution >= 4 is 51.0 Å². The third-order valence-corrected chi connectivity index (χ3v) is 5.44. The van der Waals surface area contributed by atoms with Crippen molar-refractivity contribution < 1.29 is 23.1 Å². The van der Waals surface area contributed by atoms with Crippen molar-refractivity contribution in [2.75, 3.05) is 26.5 Å². The Labute approximate surface area is 174 Å². The standard InChI is InChI=1S/C20H17N3O6S/c1-4-6-23-13(24)10-30-20(23)22-21-8-11-9-29-18-14(15(11)25)16(26-2)12-5-7-28-17(12)19(18)27-3/h4-5,7-9H,1,6,10H2,2-3H3/b21-8+,22-20-. The molecule has 1 aromatic carbocycles. The van der Waals surface area contributed by atoms with Gasteiger partial charge in [0.25, 0.3) is 0 Å². The fourth-order valence-electron chi connectivity index (χ4n) is 3.16. The van der Waals surface area contributed by atoms with Gasteiger partial charge in [-0.1, -0.05) is 17.8 Å². The fraction of sp³-hybridized carbons (Fsp3) is 0.200. The molecule has 1 aliphatic heterocycles. The smallest absolute Gasteiger partial charge is 0.239 e. The van der Waals surface area contributed by atoms with Gasteiger partial charge in [-0.15, -0.1) is 11.7 Å². The number of rotatable bonds is 6. The average Bonchev–Trinajstić information content (AvgIpc) is 3.36. The van der Waals surface area contributed by atoms with E-state index in [2.05, 4.69) is 16.8 Å². The number of amidine groups is 1. The quantitative estimate of drug-likeness (QED) is 0.338. The van der Waals surface area contributed by atoms with Crippen molar-refractivity contribution in [3.63, 3.8) is 0 Å². The van der Waals surface area contributed by atoms with Gasteiger partial charge < -0.3 is 18.3 Å². The number of hydrogen-bond acceptors (Lipinski definition) is 9. The van der Waals surface area contributed by atoms with Crippen molar-refractivity contribution in [1.29, 1.82) is 0 Å². The zero-order valence-electron chi connectivity index (χ0n) is 16.2. The molecule has 2 aromatic heterocycles. The molecule has 1 amide bonds. The number of amides is 1. The van der Waals surface area contributed by atoms with Crippen LogP contribution in [-0.2, 0) is 4.79 Å². The van der Waals surface area contributed by atoms with E-state index in [1.165, 1.54) is 49.6 Å². The largest absolute Gasteiger partial charge is 0.495 e. The lowest BCUT2D eigenvalue weighted by molar-refractivity contribution is -0.123. The van der Waals surface area contributed by atoms with E-state index in [9.17, 15) is 9.59 Å². The van der Waals surface area contributed by atoms with E-state index in [4.69, 9.17) is 18.3 Å². The molecule has 154 valence electrons. The van der Waals surface area contributed by atoms with E-state index in [1.807, 2.05) is 0 Å². The first-order valence-electron chi connectivity index (χ1n) is 8.82. The Hall–Kier alpha value is -3.53. The van der Waals surface area contributed by atoms with Gasteiger partial charge in [0.2, 0.25) is 17.1 Å². The Kier molecular flexibility index (Phi) is 5.32. The molecule has 9 nitrogen and oxygen atoms in total. The molecule has 0 radical (unpaired) electrons. The van der Waals surface area contributed by atoms with Crippen LogP contribution in [0, 0.1) is 0 Å². The van der Waals surface area contributed by atoms with E-state index in [1.54, 1.807) is 12.1 Å². The SMILES string of the molecule is C=CCN1C(=O)CS/C1=N\N=C\c1coc2c(OC)c3occc3c(OC)c2c1=O. The zero-order valence-corrected chi connectivity index (χ0v) is 17.0. The Morgan fingerprint density at radius 3 is 2.77 bits per heavy atom. The summed E-state index contributed by atoms with van der Waals surface area (Å²) in [5, 5.41) is 9.27. The summed E-state index contributed by atoms with van der Waals surface area (Å²) in [6.07, 6.45) is 5.63. The lowest BCUT2D eigenvalue weighted by Gasteiger charge is -2.11. The highest BCUT2D eigenvalue weighted by Gasteiger charge is 2.27. The molecule has 3 heterocycles. The number of ether oxygens (including phenoxy) is 2. The van der Waals surface area contributed by atoms with Crippen LogP contribution in [0.1, 0.15) is 5.56 Å². The third-order valence-electron chi connectivity index (χ3n) is 4.49. The number of carbonyl (C=O) groups is 1. The third kappa shape index (κ3) is 3.14. The highest BCUT2D eigenvalue weighted by atomic mass is 32.2. The van der Waals surface area contributed by atoms with Crippen LogP contribution in [0.4, 0.5) is 0 Å². The first kappa shape index (κ1) is 19.8. The molecular formula is C20H17N3O6S. The number of fused-ring (bicyclic) bond motifs is 2. The molecule has 4 rings (SSSR count). The summed E-state index contributed by atoms with van der Waals surface area (Å²) < 4.78 is 22.0. The van der Waals surface area contributed by atoms with Gasteiger partial charge in [-0.2, -0.15) is 5.10 Å². The van der Waals surface area contributed by atoms with Gasteiger partial charge >= 0.3 is 0 Å². The van der Waals surface area contributed by atoms with Crippen molar-refractivity contribution in [1.82, 2.24) is 4.90 Å². The Morgan fingerprint density at radius 2 is 2.03 bits per heavy atom. The van der Waals surface area contributed by atoms with Crippen LogP contribution in [0.2, 0.25) is 0 Å². The topological polar surface area (TPSA) is 107 Å². The first-order chi connectivity index (χ1) is 14.6. The molecule has 1 fully saturated rings. The van der Waals surface area contributed by atoms with Crippen LogP contribution in [-0.4, -0.2) is 48.7 Å². The Balaban J connectivity index is 1.81. The van der Waals surface area contributed by atoms with Crippen LogP contribution < -0.4 is 14.9 Å². The van der Waals surface area contributed by atoms with Crippen LogP contribution >= 0.6 is 11.8 Å². The van der Waals surface area contributed by atoms with Gasteiger partial charge in [0.1, 0.15) is 17.4 Å². The van der Waals surface area contributed by atoms with Gasteiger partial charge in [0.15, 0.2) is 16.3 Å². The molecule has 3 aromatic rings. The summed E-state index contributed by atoms with van der Waals surface area (Å²) in [5.74, 6) is 0.837. The van der Waals surface area contributed by atoms with E-state index < -0.39 is 0 Å². The summed E-state index contributed by atoms with van der Waals surface area (Å²) >= 11 is 1.27. The van der Waals surface area contributed by atoms with Crippen LogP contribution in [0.15, 0.2) is 55.1 Å². The maximum Gasteiger partial charge on any atom is 0.239 e. The lowest BCUT2D eigenvalue weighted by Crippen LogP contribution is -2.29. The van der Waals surface area contributed by atoms with Crippen LogP contribution in [0.3, 0.4) is 0 Å². The fourth-order valence-corrected chi connectivity index (χ4v) is 4.01. The van der Waals surface area contributed by atoms with Crippen LogP contribution in [0.25, 0.3) is 21.9 Å². The first-order valence-corrected chi connectivity index (χ1v) is 9.81. The summed E-state index contributed by atoms with van der Waals surface area (Å²) in [5.41, 5.74) is 0.429. The maximum atomic E-state index is 13.1. The summed E-state index contributed by atoms with van der Waals surface area (Å²) in [4.78, 5) is 26.5. The second-order valence-corrected chi connectivity index (χ2v) is 7.11. The van der Waals surface area contributed by atoms with E-state index in [0.29, 0.717) is 34.2 Å². The normalized spacial score (nSPS) is 15.7. The Morgan fingerprint density at radius 1 is 1.23 bits per heavy atom. The molecule has 0 unspecified atom stereocenters. The molecule has 1 saturated heterocycles. The summed E-state index contributed by atoms with van der Waals surface area (Å²) in [6, 6.07) is 1.69. The maximum absolute atomic E-state index is 13.1.